The van der Waals surface area contributed by atoms with E-state index in [1.165, 1.54) is 5.56 Å². The highest BCUT2D eigenvalue weighted by Gasteiger charge is 1.98. The Balaban J connectivity index is 0.000000509. The lowest BCUT2D eigenvalue weighted by molar-refractivity contribution is 1.14. The van der Waals surface area contributed by atoms with Crippen LogP contribution >= 0.6 is 0 Å². The van der Waals surface area contributed by atoms with Crippen molar-refractivity contribution in [3.63, 3.8) is 0 Å². The Kier molecular flexibility index (Phi) is 7.27. The molecular weight excluding hydrogens is 196 g/mol. The SMILES string of the molecule is CC.CC.CCc1ccc2nc(C)[nH]c2c1. The minimum absolute atomic E-state index is 0.984. The van der Waals surface area contributed by atoms with E-state index in [0.29, 0.717) is 0 Å². The maximum atomic E-state index is 4.33. The number of hydrogen-bond donors (Lipinski definition) is 1. The third kappa shape index (κ3) is 3.69. The minimum atomic E-state index is 0.984. The fourth-order valence-electron chi connectivity index (χ4n) is 1.40. The van der Waals surface area contributed by atoms with Crippen LogP contribution < -0.4 is 0 Å². The molecule has 0 aliphatic rings. The average molecular weight is 220 g/mol. The van der Waals surface area contributed by atoms with Gasteiger partial charge in [0.25, 0.3) is 0 Å². The number of nitrogens with one attached hydrogen (secondary N) is 1. The normalized spacial score (nSPS) is 8.88. The highest BCUT2D eigenvalue weighted by atomic mass is 14.9. The molecule has 0 fully saturated rings. The van der Waals surface area contributed by atoms with Gasteiger partial charge in [0.2, 0.25) is 0 Å². The third-order valence-electron chi connectivity index (χ3n) is 2.07. The molecule has 1 heterocycles. The molecule has 2 nitrogen and oxygen atoms in total. The number of nitrogens with zero attached hydrogens (tertiary/aromatic N) is 1. The van der Waals surface area contributed by atoms with Crippen molar-refractivity contribution < 1.29 is 0 Å². The van der Waals surface area contributed by atoms with Crippen molar-refractivity contribution in [3.8, 4) is 0 Å². The fraction of sp³-hybridized carbons (Fsp3) is 0.500. The van der Waals surface area contributed by atoms with Crippen LogP contribution in [0.2, 0.25) is 0 Å². The van der Waals surface area contributed by atoms with Crippen molar-refractivity contribution in [2.45, 2.75) is 48.0 Å². The Labute approximate surface area is 99.1 Å². The Bertz CT molecular complexity index is 402. The van der Waals surface area contributed by atoms with Crippen molar-refractivity contribution in [2.24, 2.45) is 0 Å². The van der Waals surface area contributed by atoms with E-state index in [0.717, 1.165) is 23.3 Å². The van der Waals surface area contributed by atoms with Gasteiger partial charge in [0.05, 0.1) is 11.0 Å². The van der Waals surface area contributed by atoms with Crippen LogP contribution in [0, 0.1) is 6.92 Å². The molecule has 0 bridgehead atoms. The minimum Gasteiger partial charge on any atom is -0.342 e. The largest absolute Gasteiger partial charge is 0.342 e. The van der Waals surface area contributed by atoms with Gasteiger partial charge >= 0.3 is 0 Å². The Morgan fingerprint density at radius 3 is 2.31 bits per heavy atom. The molecule has 0 saturated heterocycles. The molecule has 1 aromatic carbocycles. The van der Waals surface area contributed by atoms with E-state index in [1.807, 2.05) is 34.6 Å². The molecule has 0 spiro atoms. The molecule has 0 saturated carbocycles. The maximum Gasteiger partial charge on any atom is 0.104 e. The van der Waals surface area contributed by atoms with Gasteiger partial charge in [-0.05, 0) is 31.0 Å². The highest BCUT2D eigenvalue weighted by Crippen LogP contribution is 2.13. The Hall–Kier alpha value is -1.31. The maximum absolute atomic E-state index is 4.33. The van der Waals surface area contributed by atoms with Crippen LogP contribution in [0.15, 0.2) is 18.2 Å². The van der Waals surface area contributed by atoms with E-state index in [2.05, 4.69) is 35.1 Å². The van der Waals surface area contributed by atoms with E-state index in [4.69, 9.17) is 0 Å². The quantitative estimate of drug-likeness (QED) is 0.754. The van der Waals surface area contributed by atoms with Crippen LogP contribution in [-0.4, -0.2) is 9.97 Å². The molecule has 2 rings (SSSR count). The fourth-order valence-corrected chi connectivity index (χ4v) is 1.40. The molecule has 1 aromatic heterocycles. The van der Waals surface area contributed by atoms with Crippen molar-refractivity contribution >= 4 is 11.0 Å². The number of rotatable bonds is 1. The molecule has 16 heavy (non-hydrogen) atoms. The smallest absolute Gasteiger partial charge is 0.104 e. The lowest BCUT2D eigenvalue weighted by Gasteiger charge is -1.93. The molecule has 1 N–H and O–H groups in total. The van der Waals surface area contributed by atoms with Crippen LogP contribution in [0.3, 0.4) is 0 Å². The molecule has 0 atom stereocenters. The summed E-state index contributed by atoms with van der Waals surface area (Å²) in [6, 6.07) is 6.36. The predicted octanol–water partition coefficient (Wildman–Crippen LogP) is 4.49. The van der Waals surface area contributed by atoms with Gasteiger partial charge in [-0.25, -0.2) is 4.98 Å². The molecular formula is C14H24N2. The number of imidazole rings is 1. The Morgan fingerprint density at radius 1 is 1.12 bits per heavy atom. The lowest BCUT2D eigenvalue weighted by Crippen LogP contribution is -1.78. The summed E-state index contributed by atoms with van der Waals surface area (Å²) in [7, 11) is 0. The first kappa shape index (κ1) is 14.7. The van der Waals surface area contributed by atoms with Gasteiger partial charge in [-0.3, -0.25) is 0 Å². The first-order valence-corrected chi connectivity index (χ1v) is 6.25. The zero-order valence-corrected chi connectivity index (χ0v) is 11.4. The van der Waals surface area contributed by atoms with E-state index in [-0.39, 0.29) is 0 Å². The third-order valence-corrected chi connectivity index (χ3v) is 2.07. The zero-order valence-electron chi connectivity index (χ0n) is 11.4. The topological polar surface area (TPSA) is 28.7 Å². The first-order chi connectivity index (χ1) is 7.79. The number of benzene rings is 1. The zero-order chi connectivity index (χ0) is 12.6. The molecule has 0 aliphatic carbocycles. The van der Waals surface area contributed by atoms with Crippen LogP contribution in [0.1, 0.15) is 46.0 Å². The second-order valence-corrected chi connectivity index (χ2v) is 3.03. The number of aromatic nitrogens is 2. The van der Waals surface area contributed by atoms with Gasteiger partial charge in [0, 0.05) is 0 Å². The molecule has 0 aliphatic heterocycles. The van der Waals surface area contributed by atoms with Gasteiger partial charge in [-0.2, -0.15) is 0 Å². The number of fused-ring (bicyclic) bond motifs is 1. The van der Waals surface area contributed by atoms with E-state index < -0.39 is 0 Å². The van der Waals surface area contributed by atoms with E-state index in [9.17, 15) is 0 Å². The van der Waals surface area contributed by atoms with Crippen molar-refractivity contribution in [1.82, 2.24) is 9.97 Å². The number of aryl methyl sites for hydroxylation is 2. The van der Waals surface area contributed by atoms with E-state index >= 15 is 0 Å². The summed E-state index contributed by atoms with van der Waals surface area (Å²) < 4.78 is 0. The summed E-state index contributed by atoms with van der Waals surface area (Å²) in [5.41, 5.74) is 3.56. The molecule has 2 aromatic rings. The summed E-state index contributed by atoms with van der Waals surface area (Å²) in [6.07, 6.45) is 1.08. The van der Waals surface area contributed by atoms with Gasteiger partial charge in [0.15, 0.2) is 0 Å². The van der Waals surface area contributed by atoms with Crippen LogP contribution in [-0.2, 0) is 6.42 Å². The first-order valence-electron chi connectivity index (χ1n) is 6.25. The molecule has 90 valence electrons. The van der Waals surface area contributed by atoms with Crippen molar-refractivity contribution in [2.75, 3.05) is 0 Å². The van der Waals surface area contributed by atoms with Crippen LogP contribution in [0.5, 0.6) is 0 Å². The predicted molar refractivity (Wildman–Crippen MR) is 72.9 cm³/mol. The average Bonchev–Trinajstić information content (AvgIpc) is 2.73. The van der Waals surface area contributed by atoms with Crippen molar-refractivity contribution in [1.29, 1.82) is 0 Å². The number of aromatic amines is 1. The van der Waals surface area contributed by atoms with Gasteiger partial charge in [-0.15, -0.1) is 0 Å². The summed E-state index contributed by atoms with van der Waals surface area (Å²) in [4.78, 5) is 7.56. The summed E-state index contributed by atoms with van der Waals surface area (Å²) in [5, 5.41) is 0. The van der Waals surface area contributed by atoms with Gasteiger partial charge in [-0.1, -0.05) is 40.7 Å². The summed E-state index contributed by atoms with van der Waals surface area (Å²) in [5.74, 6) is 0.984. The molecule has 2 heteroatoms. The van der Waals surface area contributed by atoms with Gasteiger partial charge < -0.3 is 4.98 Å². The molecule has 0 radical (unpaired) electrons. The van der Waals surface area contributed by atoms with Gasteiger partial charge in [0.1, 0.15) is 5.82 Å². The number of hydrogen-bond acceptors (Lipinski definition) is 1. The molecule has 0 unspecified atom stereocenters. The Morgan fingerprint density at radius 2 is 1.75 bits per heavy atom. The van der Waals surface area contributed by atoms with Crippen LogP contribution in [0.4, 0.5) is 0 Å². The lowest BCUT2D eigenvalue weighted by atomic mass is 10.1. The second-order valence-electron chi connectivity index (χ2n) is 3.03. The molecule has 0 amide bonds. The van der Waals surface area contributed by atoms with Crippen molar-refractivity contribution in [3.05, 3.63) is 29.6 Å². The second kappa shape index (κ2) is 7.91. The van der Waals surface area contributed by atoms with E-state index in [1.54, 1.807) is 0 Å². The standard InChI is InChI=1S/C10H12N2.2C2H6/c1-3-8-4-5-9-10(6-8)12-7(2)11-9;2*1-2/h4-6H,3H2,1-2H3,(H,11,12);2*1-2H3. The summed E-state index contributed by atoms with van der Waals surface area (Å²) in [6.45, 7) is 12.1. The highest BCUT2D eigenvalue weighted by molar-refractivity contribution is 5.75. The summed E-state index contributed by atoms with van der Waals surface area (Å²) >= 11 is 0. The monoisotopic (exact) mass is 220 g/mol. The van der Waals surface area contributed by atoms with Crippen LogP contribution in [0.25, 0.3) is 11.0 Å². The number of H-pyrrole nitrogens is 1.